The lowest BCUT2D eigenvalue weighted by Gasteiger charge is -2.50. The van der Waals surface area contributed by atoms with Gasteiger partial charge in [-0.3, -0.25) is 14.4 Å². The fourth-order valence-electron chi connectivity index (χ4n) is 8.14. The number of hydrogen-bond acceptors (Lipinski definition) is 26. The van der Waals surface area contributed by atoms with E-state index in [4.69, 9.17) is 42.6 Å². The third kappa shape index (κ3) is 12.0. The molecule has 376 valence electrons. The molecule has 29 heteroatoms. The van der Waals surface area contributed by atoms with Crippen LogP contribution in [0.5, 0.6) is 0 Å². The molecule has 0 unspecified atom stereocenters. The smallest absolute Gasteiger partial charge is 0.217 e. The second kappa shape index (κ2) is 23.2. The maximum atomic E-state index is 12.4. The molecule has 25 atom stereocenters. The zero-order valence-electron chi connectivity index (χ0n) is 35.1. The summed E-state index contributed by atoms with van der Waals surface area (Å²) in [6, 6.07) is -4.67. The topological polar surface area (TPSA) is 454 Å². The number of hydrogen-bond donors (Lipinski definition) is 17. The van der Waals surface area contributed by atoms with Gasteiger partial charge in [0.15, 0.2) is 31.5 Å². The molecule has 0 aromatic heterocycles. The minimum atomic E-state index is -2.13. The monoisotopic (exact) mass is 951 g/mol. The Hall–Kier alpha value is -2.51. The number of carbonyl (C=O) groups is 3. The van der Waals surface area contributed by atoms with Crippen molar-refractivity contribution in [3.63, 3.8) is 0 Å². The number of nitrogens with one attached hydrogen (secondary N) is 3. The molecule has 65 heavy (non-hydrogen) atoms. The zero-order valence-corrected chi connectivity index (χ0v) is 35.1. The Balaban J connectivity index is 1.33. The van der Waals surface area contributed by atoms with Crippen molar-refractivity contribution in [1.82, 2.24) is 16.0 Å². The summed E-state index contributed by atoms with van der Waals surface area (Å²) < 4.78 is 51.2. The van der Waals surface area contributed by atoms with Crippen molar-refractivity contribution in [2.45, 2.75) is 174 Å². The van der Waals surface area contributed by atoms with Gasteiger partial charge in [-0.15, -0.1) is 0 Å². The molecule has 5 fully saturated rings. The highest BCUT2D eigenvalue weighted by atomic mass is 16.8. The fourth-order valence-corrected chi connectivity index (χ4v) is 8.14. The molecule has 5 heterocycles. The molecule has 17 N–H and O–H groups in total. The molecule has 0 aliphatic carbocycles. The van der Waals surface area contributed by atoms with E-state index in [2.05, 4.69) is 16.0 Å². The lowest BCUT2D eigenvalue weighted by Crippen LogP contribution is -2.70. The van der Waals surface area contributed by atoms with Crippen LogP contribution in [0.2, 0.25) is 0 Å². The molecule has 0 spiro atoms. The van der Waals surface area contributed by atoms with Gasteiger partial charge in [0.05, 0.1) is 33.0 Å². The van der Waals surface area contributed by atoms with Crippen LogP contribution in [0.3, 0.4) is 0 Å². The minimum Gasteiger partial charge on any atom is -0.394 e. The van der Waals surface area contributed by atoms with Crippen LogP contribution >= 0.6 is 0 Å². The molecule has 5 aliphatic heterocycles. The first-order valence-electron chi connectivity index (χ1n) is 20.6. The first-order chi connectivity index (χ1) is 30.7. The number of carbonyl (C=O) groups excluding carboxylic acids is 3. The van der Waals surface area contributed by atoms with E-state index in [9.17, 15) is 85.9 Å². The lowest BCUT2D eigenvalue weighted by atomic mass is 9.94. The van der Waals surface area contributed by atoms with Crippen molar-refractivity contribution in [2.24, 2.45) is 0 Å². The fraction of sp³-hybridized carbons (Fsp3) is 0.917. The van der Waals surface area contributed by atoms with Crippen molar-refractivity contribution < 1.29 is 129 Å². The predicted octanol–water partition coefficient (Wildman–Crippen LogP) is -11.5. The summed E-state index contributed by atoms with van der Waals surface area (Å²) in [6.07, 6.45) is -39.4. The van der Waals surface area contributed by atoms with Gasteiger partial charge in [-0.05, 0) is 0 Å². The zero-order chi connectivity index (χ0) is 48.2. The Morgan fingerprint density at radius 2 is 0.800 bits per heavy atom. The first-order valence-corrected chi connectivity index (χ1v) is 20.6. The van der Waals surface area contributed by atoms with Crippen molar-refractivity contribution in [3.05, 3.63) is 0 Å². The third-order valence-electron chi connectivity index (χ3n) is 11.5. The molecule has 0 bridgehead atoms. The first kappa shape index (κ1) is 53.4. The Morgan fingerprint density at radius 1 is 0.400 bits per heavy atom. The van der Waals surface area contributed by atoms with Crippen molar-refractivity contribution in [3.8, 4) is 0 Å². The maximum Gasteiger partial charge on any atom is 0.217 e. The van der Waals surface area contributed by atoms with Crippen LogP contribution in [0.25, 0.3) is 0 Å². The average molecular weight is 952 g/mol. The number of aliphatic hydroxyl groups excluding tert-OH is 14. The Labute approximate surface area is 369 Å². The van der Waals surface area contributed by atoms with E-state index in [0.717, 1.165) is 20.8 Å². The summed E-state index contributed by atoms with van der Waals surface area (Å²) in [5.74, 6) is -2.19. The highest BCUT2D eigenvalue weighted by Gasteiger charge is 2.56. The quantitative estimate of drug-likeness (QED) is 0.0683. The van der Waals surface area contributed by atoms with Crippen LogP contribution in [0, 0.1) is 0 Å². The van der Waals surface area contributed by atoms with Crippen molar-refractivity contribution >= 4 is 17.7 Å². The molecular weight excluding hydrogens is 890 g/mol. The van der Waals surface area contributed by atoms with Crippen LogP contribution in [0.1, 0.15) is 20.8 Å². The normalized spacial score (nSPS) is 47.1. The number of aliphatic hydroxyl groups is 14. The van der Waals surface area contributed by atoms with E-state index in [1.807, 2.05) is 0 Å². The molecule has 29 nitrogen and oxygen atoms in total. The van der Waals surface area contributed by atoms with Gasteiger partial charge in [-0.2, -0.15) is 0 Å². The van der Waals surface area contributed by atoms with Gasteiger partial charge in [0, 0.05) is 20.8 Å². The van der Waals surface area contributed by atoms with E-state index >= 15 is 0 Å². The van der Waals surface area contributed by atoms with E-state index in [1.54, 1.807) is 0 Å². The van der Waals surface area contributed by atoms with Crippen LogP contribution < -0.4 is 16.0 Å². The van der Waals surface area contributed by atoms with Crippen molar-refractivity contribution in [1.29, 1.82) is 0 Å². The van der Waals surface area contributed by atoms with Crippen molar-refractivity contribution in [2.75, 3.05) is 33.0 Å². The number of amides is 3. The molecule has 5 rings (SSSR count). The highest BCUT2D eigenvalue weighted by Crippen LogP contribution is 2.35. The Kier molecular flexibility index (Phi) is 19.1. The van der Waals surface area contributed by atoms with E-state index < -0.39 is 204 Å². The number of ether oxygens (including phenoxy) is 9. The molecule has 0 radical (unpaired) electrons. The maximum absolute atomic E-state index is 12.4. The predicted molar refractivity (Wildman–Crippen MR) is 201 cm³/mol. The molecule has 5 aliphatic rings. The van der Waals surface area contributed by atoms with Gasteiger partial charge in [0.2, 0.25) is 17.7 Å². The molecule has 0 saturated carbocycles. The van der Waals surface area contributed by atoms with E-state index in [1.165, 1.54) is 0 Å². The van der Waals surface area contributed by atoms with Gasteiger partial charge < -0.3 is 130 Å². The highest BCUT2D eigenvalue weighted by molar-refractivity contribution is 5.74. The van der Waals surface area contributed by atoms with Crippen LogP contribution in [-0.4, -0.2) is 276 Å². The number of rotatable bonds is 16. The van der Waals surface area contributed by atoms with Crippen LogP contribution in [-0.2, 0) is 57.0 Å². The molecule has 0 aromatic rings. The van der Waals surface area contributed by atoms with E-state index in [-0.39, 0.29) is 0 Å². The molecular formula is C36H61N3O26. The second-order valence-electron chi connectivity index (χ2n) is 16.2. The van der Waals surface area contributed by atoms with Crippen LogP contribution in [0.4, 0.5) is 0 Å². The van der Waals surface area contributed by atoms with Crippen LogP contribution in [0.15, 0.2) is 0 Å². The minimum absolute atomic E-state index is 0.644. The molecule has 0 aromatic carbocycles. The largest absolute Gasteiger partial charge is 0.394 e. The summed E-state index contributed by atoms with van der Waals surface area (Å²) in [4.78, 5) is 36.2. The molecule has 3 amide bonds. The average Bonchev–Trinajstić information content (AvgIpc) is 3.25. The van der Waals surface area contributed by atoms with Gasteiger partial charge in [-0.25, -0.2) is 0 Å². The third-order valence-corrected chi connectivity index (χ3v) is 11.5. The lowest BCUT2D eigenvalue weighted by molar-refractivity contribution is -0.378. The second-order valence-corrected chi connectivity index (χ2v) is 16.2. The van der Waals surface area contributed by atoms with Gasteiger partial charge in [0.1, 0.15) is 122 Å². The Bertz CT molecular complexity index is 1560. The summed E-state index contributed by atoms with van der Waals surface area (Å²) >= 11 is 0. The Morgan fingerprint density at radius 3 is 1.29 bits per heavy atom. The summed E-state index contributed by atoms with van der Waals surface area (Å²) in [7, 11) is 0. The molecule has 5 saturated heterocycles. The standard InChI is InChI=1S/C36H61N3O26/c1-9(44)37-17-23(50)21(48)16(58-32(17)56)8-57-33-18(38-10(2)45)24(51)29(14(6-42)61-33)64-36-28(55)31(22(49)13(5-41)60-36)65-34-19(39-11(3)46)25(52)30(15(7-43)62-34)63-35-27(54)26(53)20(47)12(4-40)59-35/h12-36,40-43,47-56H,4-8H2,1-3H3,(H,37,44)(H,38,45)(H,39,46)/t12-,13-,14-,15-,16-,17-,18-,19-,20+,21+,22+,23-,24-,25-,26+,27-,28-,29-,30+,31+,32+,33-,34+,35+,36+/m1/s1. The summed E-state index contributed by atoms with van der Waals surface area (Å²) in [6.45, 7) is -1.17. The van der Waals surface area contributed by atoms with E-state index in [0.29, 0.717) is 0 Å². The van der Waals surface area contributed by atoms with Gasteiger partial charge in [-0.1, -0.05) is 0 Å². The van der Waals surface area contributed by atoms with Gasteiger partial charge in [0.25, 0.3) is 0 Å². The SMILES string of the molecule is CC(=O)N[C@@H]1[C@@H](O)[C@@H](O)[C@@H](CO[C@@H]2O[C@H](CO)[C@@H](O[C@@H]3O[C@H](CO)[C@H](O)[C@H](O[C@@H]4O[C@H](CO)[C@H](O[C@@H]5O[C@H](CO)[C@H](O)[C@H](O)[C@H]5O)[C@H](O)[C@H]4NC(C)=O)[C@H]3O)[C@H](O)[C@H]2NC(C)=O)O[C@@H]1O. The summed E-state index contributed by atoms with van der Waals surface area (Å²) in [5, 5.41) is 156. The van der Waals surface area contributed by atoms with Gasteiger partial charge >= 0.3 is 0 Å². The summed E-state index contributed by atoms with van der Waals surface area (Å²) in [5.41, 5.74) is 0.